The molecule has 2 nitrogen and oxygen atoms in total. The molecule has 47 heavy (non-hydrogen) atoms. The Labute approximate surface area is 271 Å². The monoisotopic (exact) mass is 597 g/mol. The molecule has 0 saturated carbocycles. The van der Waals surface area contributed by atoms with Gasteiger partial charge < -0.3 is 9.30 Å². The lowest BCUT2D eigenvalue weighted by Gasteiger charge is -2.45. The molecule has 1 unspecified atom stereocenters. The van der Waals surface area contributed by atoms with E-state index >= 15 is 0 Å². The minimum atomic E-state index is -0.590. The predicted octanol–water partition coefficient (Wildman–Crippen LogP) is 11.6. The molecule has 0 fully saturated rings. The number of hydrogen-bond acceptors (Lipinski definition) is 1. The number of fused-ring (bicyclic) bond motifs is 14. The Morgan fingerprint density at radius 2 is 1.09 bits per heavy atom. The fraction of sp³-hybridized carbons (Fsp3) is 0.0222. The Bertz CT molecular complexity index is 2790. The van der Waals surface area contributed by atoms with E-state index in [1.54, 1.807) is 0 Å². The number of benzene rings is 8. The first-order valence-corrected chi connectivity index (χ1v) is 16.3. The number of rotatable bonds is 1. The number of ether oxygens (including phenoxy) is 1. The SMILES string of the molecule is c1ccc2c(c1)Oc1ccc(-c3cc4ccccc4c4ccccc34)cc1C21c2ccccc2-n2c3ccccc3c3cccc1c32. The molecule has 218 valence electrons. The minimum absolute atomic E-state index is 0.590. The van der Waals surface area contributed by atoms with Crippen LogP contribution in [0.25, 0.3) is 60.2 Å². The van der Waals surface area contributed by atoms with Crippen LogP contribution in [0.1, 0.15) is 22.3 Å². The van der Waals surface area contributed by atoms with Gasteiger partial charge in [0.05, 0.1) is 22.1 Å². The van der Waals surface area contributed by atoms with E-state index in [0.29, 0.717) is 0 Å². The first kappa shape index (κ1) is 25.1. The quantitative estimate of drug-likeness (QED) is 0.172. The molecular formula is C45H27NO. The van der Waals surface area contributed by atoms with Crippen molar-refractivity contribution < 1.29 is 4.74 Å². The highest BCUT2D eigenvalue weighted by Gasteiger charge is 2.50. The summed E-state index contributed by atoms with van der Waals surface area (Å²) in [5.41, 5.74) is 10.4. The molecule has 1 spiro atoms. The number of aromatic nitrogens is 1. The summed E-state index contributed by atoms with van der Waals surface area (Å²) in [5, 5.41) is 7.59. The van der Waals surface area contributed by atoms with Crippen molar-refractivity contribution >= 4 is 43.4 Å². The largest absolute Gasteiger partial charge is 0.457 e. The van der Waals surface area contributed by atoms with Crippen molar-refractivity contribution in [2.75, 3.05) is 0 Å². The van der Waals surface area contributed by atoms with Gasteiger partial charge in [-0.3, -0.25) is 0 Å². The van der Waals surface area contributed by atoms with Gasteiger partial charge in [-0.2, -0.15) is 0 Å². The molecule has 9 aromatic rings. The van der Waals surface area contributed by atoms with Gasteiger partial charge in [-0.25, -0.2) is 0 Å². The number of hydrogen-bond donors (Lipinski definition) is 0. The van der Waals surface area contributed by atoms with E-state index in [-0.39, 0.29) is 0 Å². The molecule has 2 heteroatoms. The van der Waals surface area contributed by atoms with Gasteiger partial charge in [0.1, 0.15) is 11.5 Å². The van der Waals surface area contributed by atoms with Gasteiger partial charge in [0.2, 0.25) is 0 Å². The fourth-order valence-corrected chi connectivity index (χ4v) is 8.78. The lowest BCUT2D eigenvalue weighted by Crippen LogP contribution is -2.37. The van der Waals surface area contributed by atoms with Crippen molar-refractivity contribution in [3.05, 3.63) is 186 Å². The van der Waals surface area contributed by atoms with E-state index in [1.165, 1.54) is 82.4 Å². The zero-order chi connectivity index (χ0) is 30.7. The van der Waals surface area contributed by atoms with Gasteiger partial charge in [-0.15, -0.1) is 0 Å². The molecular weight excluding hydrogens is 571 g/mol. The standard InChI is InChI=1S/C45H27NO/c1-2-13-30-28(12-1)26-35(32-15-4-3-14-31(30)32)29-24-25-43-39(27-29)45(37-19-7-10-23-42(37)47-43)36-18-6-9-22-41(36)46-40-21-8-5-16-33(40)34-17-11-20-38(45)44(34)46/h1-27H. The summed E-state index contributed by atoms with van der Waals surface area (Å²) < 4.78 is 9.29. The van der Waals surface area contributed by atoms with Gasteiger partial charge in [0.25, 0.3) is 0 Å². The summed E-state index contributed by atoms with van der Waals surface area (Å²) in [6.07, 6.45) is 0. The third-order valence-electron chi connectivity index (χ3n) is 10.6. The molecule has 0 aliphatic carbocycles. The lowest BCUT2D eigenvalue weighted by molar-refractivity contribution is 0.434. The second-order valence-electron chi connectivity index (χ2n) is 12.8. The van der Waals surface area contributed by atoms with Crippen molar-refractivity contribution in [2.24, 2.45) is 0 Å². The lowest BCUT2D eigenvalue weighted by atomic mass is 9.61. The molecule has 2 aliphatic heterocycles. The van der Waals surface area contributed by atoms with Crippen LogP contribution in [0, 0.1) is 0 Å². The van der Waals surface area contributed by atoms with E-state index in [1.807, 2.05) is 0 Å². The molecule has 0 radical (unpaired) electrons. The summed E-state index contributed by atoms with van der Waals surface area (Å²) in [6.45, 7) is 0. The molecule has 0 N–H and O–H groups in total. The molecule has 0 bridgehead atoms. The average Bonchev–Trinajstić information content (AvgIpc) is 3.48. The Balaban J connectivity index is 1.31. The third-order valence-corrected chi connectivity index (χ3v) is 10.6. The van der Waals surface area contributed by atoms with Crippen LogP contribution in [0.5, 0.6) is 11.5 Å². The highest BCUT2D eigenvalue weighted by Crippen LogP contribution is 2.60. The predicted molar refractivity (Wildman–Crippen MR) is 193 cm³/mol. The molecule has 1 aromatic heterocycles. The van der Waals surface area contributed by atoms with Crippen LogP contribution >= 0.6 is 0 Å². The van der Waals surface area contributed by atoms with Crippen LogP contribution in [0.4, 0.5) is 0 Å². The smallest absolute Gasteiger partial charge is 0.132 e. The zero-order valence-corrected chi connectivity index (χ0v) is 25.4. The van der Waals surface area contributed by atoms with E-state index in [2.05, 4.69) is 168 Å². The minimum Gasteiger partial charge on any atom is -0.457 e. The Hall–Kier alpha value is -6.12. The van der Waals surface area contributed by atoms with Crippen molar-refractivity contribution in [3.8, 4) is 28.3 Å². The molecule has 8 aromatic carbocycles. The maximum absolute atomic E-state index is 6.80. The summed E-state index contributed by atoms with van der Waals surface area (Å²) in [5.74, 6) is 1.80. The maximum atomic E-state index is 6.80. The third kappa shape index (κ3) is 3.10. The second kappa shape index (κ2) is 8.99. The van der Waals surface area contributed by atoms with Crippen LogP contribution in [0.2, 0.25) is 0 Å². The normalized spacial score (nSPS) is 15.9. The van der Waals surface area contributed by atoms with Crippen molar-refractivity contribution in [1.29, 1.82) is 0 Å². The highest BCUT2D eigenvalue weighted by molar-refractivity contribution is 6.14. The van der Waals surface area contributed by atoms with Gasteiger partial charge in [0.15, 0.2) is 0 Å². The van der Waals surface area contributed by atoms with E-state index in [4.69, 9.17) is 4.74 Å². The molecule has 0 amide bonds. The number of nitrogens with zero attached hydrogens (tertiary/aromatic N) is 1. The van der Waals surface area contributed by atoms with Crippen molar-refractivity contribution in [3.63, 3.8) is 0 Å². The Morgan fingerprint density at radius 1 is 0.426 bits per heavy atom. The van der Waals surface area contributed by atoms with E-state index in [9.17, 15) is 0 Å². The van der Waals surface area contributed by atoms with Crippen molar-refractivity contribution in [1.82, 2.24) is 4.57 Å². The van der Waals surface area contributed by atoms with Crippen LogP contribution in [0.15, 0.2) is 164 Å². The first-order chi connectivity index (χ1) is 23.3. The zero-order valence-electron chi connectivity index (χ0n) is 25.4. The molecule has 2 aliphatic rings. The van der Waals surface area contributed by atoms with E-state index < -0.39 is 5.41 Å². The van der Waals surface area contributed by atoms with Gasteiger partial charge in [-0.1, -0.05) is 127 Å². The Kier molecular flexibility index (Phi) is 4.80. The van der Waals surface area contributed by atoms with Crippen LogP contribution in [0.3, 0.4) is 0 Å². The van der Waals surface area contributed by atoms with E-state index in [0.717, 1.165) is 11.5 Å². The number of para-hydroxylation sites is 4. The summed E-state index contributed by atoms with van der Waals surface area (Å²) >= 11 is 0. The molecule has 3 heterocycles. The summed E-state index contributed by atoms with van der Waals surface area (Å²) in [4.78, 5) is 0. The summed E-state index contributed by atoms with van der Waals surface area (Å²) in [6, 6.07) is 60.0. The fourth-order valence-electron chi connectivity index (χ4n) is 8.78. The Morgan fingerprint density at radius 3 is 2.00 bits per heavy atom. The van der Waals surface area contributed by atoms with Crippen LogP contribution < -0.4 is 4.74 Å². The molecule has 1 atom stereocenters. The van der Waals surface area contributed by atoms with Crippen LogP contribution in [-0.2, 0) is 5.41 Å². The topological polar surface area (TPSA) is 14.2 Å². The second-order valence-corrected chi connectivity index (χ2v) is 12.8. The molecule has 11 rings (SSSR count). The maximum Gasteiger partial charge on any atom is 0.132 e. The van der Waals surface area contributed by atoms with Gasteiger partial charge in [0, 0.05) is 21.9 Å². The average molecular weight is 598 g/mol. The van der Waals surface area contributed by atoms with Gasteiger partial charge >= 0.3 is 0 Å². The highest BCUT2D eigenvalue weighted by atomic mass is 16.5. The van der Waals surface area contributed by atoms with Gasteiger partial charge in [-0.05, 0) is 80.2 Å². The molecule has 0 saturated heterocycles. The van der Waals surface area contributed by atoms with Crippen LogP contribution in [-0.4, -0.2) is 4.57 Å². The first-order valence-electron chi connectivity index (χ1n) is 16.3. The van der Waals surface area contributed by atoms with Crippen molar-refractivity contribution in [2.45, 2.75) is 5.41 Å². The summed E-state index contributed by atoms with van der Waals surface area (Å²) in [7, 11) is 0.